The van der Waals surface area contributed by atoms with E-state index in [0.717, 1.165) is 11.1 Å². The number of carbonyl (C=O) groups excluding carboxylic acids is 1. The number of hydrogen-bond donors (Lipinski definition) is 2. The fourth-order valence-corrected chi connectivity index (χ4v) is 2.38. The molecule has 2 N–H and O–H groups in total. The molecule has 0 aliphatic rings. The van der Waals surface area contributed by atoms with Crippen molar-refractivity contribution in [2.75, 3.05) is 11.9 Å². The van der Waals surface area contributed by atoms with E-state index >= 15 is 0 Å². The Morgan fingerprint density at radius 2 is 1.57 bits per heavy atom. The number of nitrogens with zero attached hydrogens (tertiary/aromatic N) is 1. The number of aromatic nitrogens is 1. The van der Waals surface area contributed by atoms with Crippen molar-refractivity contribution >= 4 is 11.7 Å². The van der Waals surface area contributed by atoms with Gasteiger partial charge in [-0.25, -0.2) is 0 Å². The van der Waals surface area contributed by atoms with Crippen LogP contribution in [-0.2, 0) is 4.79 Å². The van der Waals surface area contributed by atoms with Crippen LogP contribution in [0.5, 0.6) is 0 Å². The molecule has 0 radical (unpaired) electrons. The van der Waals surface area contributed by atoms with Crippen LogP contribution in [0.3, 0.4) is 0 Å². The monoisotopic (exact) mass is 307 g/mol. The highest BCUT2D eigenvalue weighted by Crippen LogP contribution is 2.21. The van der Waals surface area contributed by atoms with E-state index in [1.54, 1.807) is 6.07 Å². The lowest BCUT2D eigenvalue weighted by atomic mass is 9.99. The summed E-state index contributed by atoms with van der Waals surface area (Å²) in [5.74, 6) is 0.239. The smallest absolute Gasteiger partial charge is 0.239 e. The number of anilines is 1. The van der Waals surface area contributed by atoms with Crippen molar-refractivity contribution in [2.45, 2.75) is 6.04 Å². The van der Waals surface area contributed by atoms with Crippen molar-refractivity contribution < 1.29 is 9.32 Å². The molecule has 0 saturated carbocycles. The van der Waals surface area contributed by atoms with Gasteiger partial charge in [-0.15, -0.1) is 0 Å². The van der Waals surface area contributed by atoms with Crippen LogP contribution in [0.25, 0.3) is 0 Å². The van der Waals surface area contributed by atoms with E-state index in [1.807, 2.05) is 60.7 Å². The third-order valence-electron chi connectivity index (χ3n) is 3.44. The summed E-state index contributed by atoms with van der Waals surface area (Å²) in [6.07, 6.45) is 1.42. The van der Waals surface area contributed by atoms with Gasteiger partial charge in [0.2, 0.25) is 5.91 Å². The molecular weight excluding hydrogens is 290 g/mol. The summed E-state index contributed by atoms with van der Waals surface area (Å²) < 4.78 is 4.69. The zero-order valence-electron chi connectivity index (χ0n) is 12.5. The second-order valence-electron chi connectivity index (χ2n) is 5.07. The molecule has 5 nitrogen and oxygen atoms in total. The van der Waals surface area contributed by atoms with Gasteiger partial charge in [0.1, 0.15) is 6.26 Å². The minimum atomic E-state index is -0.171. The normalized spacial score (nSPS) is 10.7. The van der Waals surface area contributed by atoms with Crippen LogP contribution >= 0.6 is 0 Å². The highest BCUT2D eigenvalue weighted by atomic mass is 16.5. The predicted octanol–water partition coefficient (Wildman–Crippen LogP) is 2.99. The molecule has 0 aliphatic heterocycles. The molecule has 0 fully saturated rings. The quantitative estimate of drug-likeness (QED) is 0.734. The van der Waals surface area contributed by atoms with Gasteiger partial charge in [0.15, 0.2) is 5.82 Å². The molecule has 0 bridgehead atoms. The zero-order chi connectivity index (χ0) is 15.9. The summed E-state index contributed by atoms with van der Waals surface area (Å²) in [4.78, 5) is 12.0. The van der Waals surface area contributed by atoms with Gasteiger partial charge in [0.25, 0.3) is 0 Å². The number of hydrogen-bond acceptors (Lipinski definition) is 4. The average Bonchev–Trinajstić information content (AvgIpc) is 3.10. The maximum Gasteiger partial charge on any atom is 0.239 e. The van der Waals surface area contributed by atoms with Crippen molar-refractivity contribution in [1.29, 1.82) is 0 Å². The Morgan fingerprint density at radius 1 is 0.957 bits per heavy atom. The van der Waals surface area contributed by atoms with Crippen LogP contribution in [0, 0.1) is 0 Å². The summed E-state index contributed by atoms with van der Waals surface area (Å²) in [5, 5.41) is 9.63. The van der Waals surface area contributed by atoms with Gasteiger partial charge in [-0.2, -0.15) is 0 Å². The first kappa shape index (κ1) is 15.0. The van der Waals surface area contributed by atoms with Gasteiger partial charge in [0, 0.05) is 6.07 Å². The molecule has 0 aliphatic carbocycles. The third-order valence-corrected chi connectivity index (χ3v) is 3.44. The SMILES string of the molecule is O=C(CNC(c1ccccc1)c1ccccc1)Nc1ccon1. The molecular formula is C18H17N3O2. The van der Waals surface area contributed by atoms with Crippen molar-refractivity contribution in [3.63, 3.8) is 0 Å². The van der Waals surface area contributed by atoms with Gasteiger partial charge in [-0.3, -0.25) is 10.1 Å². The maximum absolute atomic E-state index is 12.0. The van der Waals surface area contributed by atoms with E-state index in [2.05, 4.69) is 15.8 Å². The minimum absolute atomic E-state index is 0.0551. The first-order valence-corrected chi connectivity index (χ1v) is 7.36. The lowest BCUT2D eigenvalue weighted by molar-refractivity contribution is -0.115. The third kappa shape index (κ3) is 4.05. The number of nitrogens with one attached hydrogen (secondary N) is 2. The summed E-state index contributed by atoms with van der Waals surface area (Å²) in [5.41, 5.74) is 2.21. The van der Waals surface area contributed by atoms with Gasteiger partial charge in [0.05, 0.1) is 12.6 Å². The fraction of sp³-hybridized carbons (Fsp3) is 0.111. The molecule has 23 heavy (non-hydrogen) atoms. The van der Waals surface area contributed by atoms with Gasteiger partial charge >= 0.3 is 0 Å². The van der Waals surface area contributed by atoms with Crippen LogP contribution < -0.4 is 10.6 Å². The highest BCUT2D eigenvalue weighted by Gasteiger charge is 2.15. The Labute approximate surface area is 134 Å². The molecule has 2 aromatic carbocycles. The number of carbonyl (C=O) groups is 1. The topological polar surface area (TPSA) is 67.2 Å². The molecule has 1 heterocycles. The van der Waals surface area contributed by atoms with E-state index in [1.165, 1.54) is 6.26 Å². The first-order chi connectivity index (χ1) is 11.3. The zero-order valence-corrected chi connectivity index (χ0v) is 12.5. The Hall–Kier alpha value is -2.92. The maximum atomic E-state index is 12.0. The second kappa shape index (κ2) is 7.38. The Morgan fingerprint density at radius 3 is 2.09 bits per heavy atom. The van der Waals surface area contributed by atoms with Crippen molar-refractivity contribution in [2.24, 2.45) is 0 Å². The van der Waals surface area contributed by atoms with Crippen LogP contribution in [0.1, 0.15) is 17.2 Å². The Balaban J connectivity index is 1.71. The summed E-state index contributed by atoms with van der Waals surface area (Å²) in [6.45, 7) is 0.168. The molecule has 0 spiro atoms. The molecule has 1 aromatic heterocycles. The lowest BCUT2D eigenvalue weighted by Crippen LogP contribution is -2.32. The average molecular weight is 307 g/mol. The van der Waals surface area contributed by atoms with Crippen LogP contribution in [0.4, 0.5) is 5.82 Å². The number of benzene rings is 2. The largest absolute Gasteiger partial charge is 0.363 e. The number of rotatable bonds is 6. The van der Waals surface area contributed by atoms with Gasteiger partial charge in [-0.1, -0.05) is 65.8 Å². The molecule has 0 atom stereocenters. The second-order valence-corrected chi connectivity index (χ2v) is 5.07. The Kier molecular flexibility index (Phi) is 4.81. The van der Waals surface area contributed by atoms with Gasteiger partial charge in [-0.05, 0) is 11.1 Å². The molecule has 0 unspecified atom stereocenters. The molecule has 116 valence electrons. The summed E-state index contributed by atoms with van der Waals surface area (Å²) in [7, 11) is 0. The van der Waals surface area contributed by atoms with Crippen molar-refractivity contribution in [3.8, 4) is 0 Å². The predicted molar refractivity (Wildman–Crippen MR) is 87.9 cm³/mol. The van der Waals surface area contributed by atoms with Crippen LogP contribution in [0.2, 0.25) is 0 Å². The summed E-state index contributed by atoms with van der Waals surface area (Å²) in [6, 6.07) is 21.6. The van der Waals surface area contributed by atoms with E-state index in [9.17, 15) is 4.79 Å². The van der Waals surface area contributed by atoms with Crippen molar-refractivity contribution in [1.82, 2.24) is 10.5 Å². The standard InChI is InChI=1S/C18H17N3O2/c22-17(20-16-11-12-23-21-16)13-19-18(14-7-3-1-4-8-14)15-9-5-2-6-10-15/h1-12,18-19H,13H2,(H,20,21,22). The van der Waals surface area contributed by atoms with E-state index in [4.69, 9.17) is 4.52 Å². The molecule has 3 rings (SSSR count). The lowest BCUT2D eigenvalue weighted by Gasteiger charge is -2.19. The fourth-order valence-electron chi connectivity index (χ4n) is 2.38. The van der Waals surface area contributed by atoms with Crippen molar-refractivity contribution in [3.05, 3.63) is 84.1 Å². The minimum Gasteiger partial charge on any atom is -0.363 e. The van der Waals surface area contributed by atoms with E-state index in [0.29, 0.717) is 5.82 Å². The first-order valence-electron chi connectivity index (χ1n) is 7.36. The number of amides is 1. The highest BCUT2D eigenvalue weighted by molar-refractivity contribution is 5.91. The van der Waals surface area contributed by atoms with Crippen LogP contribution in [0.15, 0.2) is 77.5 Å². The van der Waals surface area contributed by atoms with Crippen LogP contribution in [-0.4, -0.2) is 17.6 Å². The van der Waals surface area contributed by atoms with E-state index in [-0.39, 0.29) is 18.5 Å². The summed E-state index contributed by atoms with van der Waals surface area (Å²) >= 11 is 0. The molecule has 5 heteroatoms. The van der Waals surface area contributed by atoms with E-state index < -0.39 is 0 Å². The molecule has 3 aromatic rings. The molecule has 0 saturated heterocycles. The van der Waals surface area contributed by atoms with Gasteiger partial charge < -0.3 is 9.84 Å². The Bertz CT molecular complexity index is 688. The molecule has 1 amide bonds.